The Morgan fingerprint density at radius 2 is 2.11 bits per heavy atom. The Bertz CT molecular complexity index is 1180. The topological polar surface area (TPSA) is 73.8 Å². The number of hydrogen-bond acceptors (Lipinski definition) is 7. The third-order valence-corrected chi connectivity index (χ3v) is 8.02. The maximum Gasteiger partial charge on any atom is 0.246 e. The number of hydrogen-bond donors (Lipinski definition) is 1. The van der Waals surface area contributed by atoms with E-state index in [4.69, 9.17) is 21.3 Å². The molecule has 1 radical (unpaired) electrons. The number of aryl methyl sites for hydroxylation is 1. The number of amides is 1. The minimum absolute atomic E-state index is 0.0332. The Hall–Kier alpha value is -3.39. The number of pyridine rings is 2. The number of nitrogens with zero attached hydrogens (tertiary/aromatic N) is 5. The average Bonchev–Trinajstić information content (AvgIpc) is 3.10. The fourth-order valence-corrected chi connectivity index (χ4v) is 5.88. The molecule has 2 aromatic heterocycles. The first-order chi connectivity index (χ1) is 18.5. The summed E-state index contributed by atoms with van der Waals surface area (Å²) in [6.45, 7) is 19.4. The van der Waals surface area contributed by atoms with Crippen molar-refractivity contribution in [1.29, 1.82) is 0 Å². The van der Waals surface area contributed by atoms with Gasteiger partial charge in [-0.1, -0.05) is 26.2 Å². The molecule has 2 saturated heterocycles. The first kappa shape index (κ1) is 26.2. The fraction of sp³-hybridized carbons (Fsp3) is 0.500. The smallest absolute Gasteiger partial charge is 0.246 e. The molecule has 5 heterocycles. The molecule has 0 unspecified atom stereocenters. The van der Waals surface area contributed by atoms with Crippen LogP contribution in [-0.4, -0.2) is 71.0 Å². The molecule has 0 spiro atoms. The van der Waals surface area contributed by atoms with E-state index in [9.17, 15) is 4.79 Å². The number of nitrogens with one attached hydrogen (secondary N) is 1. The van der Waals surface area contributed by atoms with Crippen molar-refractivity contribution < 1.29 is 9.53 Å². The molecule has 0 bridgehead atoms. The predicted molar refractivity (Wildman–Crippen MR) is 151 cm³/mol. The van der Waals surface area contributed by atoms with Crippen LogP contribution in [0.4, 0.5) is 17.2 Å². The number of rotatable bonds is 9. The second-order valence-electron chi connectivity index (χ2n) is 10.5. The van der Waals surface area contributed by atoms with Crippen molar-refractivity contribution in [2.75, 3.05) is 49.5 Å². The standard InChI is InChI=1S/C30H39N6O2/c1-5-8-14-35(13-6-2)27-9-12-31-30-24(27)20-38-29-21(4)32-25(17-26(29)33-30)22-10-15-34(16-11-22)23-18-36(19-23)28(37)7-3/h1,5,7,9,12,17,22-23H,3,6,8,10-11,13-16,18-20H2,2,4H3,(H,31,33). The lowest BCUT2D eigenvalue weighted by molar-refractivity contribution is -0.133. The SMILES string of the molecule is [CH]=CCCN(CCC)c1ccnc2c1COc1c(cc(C3CCN(C4CN(C(=O)C=C)C4)CC3)nc1C)N2. The van der Waals surface area contributed by atoms with Gasteiger partial charge in [0, 0.05) is 55.7 Å². The molecule has 8 heteroatoms. The van der Waals surface area contributed by atoms with Crippen LogP contribution in [0.5, 0.6) is 5.75 Å². The maximum absolute atomic E-state index is 11.8. The van der Waals surface area contributed by atoms with E-state index in [1.807, 2.05) is 18.0 Å². The number of anilines is 3. The highest BCUT2D eigenvalue weighted by Gasteiger charge is 2.36. The Morgan fingerprint density at radius 3 is 2.82 bits per heavy atom. The van der Waals surface area contributed by atoms with Crippen molar-refractivity contribution in [3.63, 3.8) is 0 Å². The molecule has 3 aliphatic rings. The van der Waals surface area contributed by atoms with Gasteiger partial charge in [0.2, 0.25) is 5.91 Å². The predicted octanol–water partition coefficient (Wildman–Crippen LogP) is 4.59. The van der Waals surface area contributed by atoms with Gasteiger partial charge >= 0.3 is 0 Å². The van der Waals surface area contributed by atoms with Crippen LogP contribution in [0.25, 0.3) is 0 Å². The molecule has 1 amide bonds. The third kappa shape index (κ3) is 5.27. The Balaban J connectivity index is 1.30. The van der Waals surface area contributed by atoms with Crippen LogP contribution in [0, 0.1) is 13.5 Å². The van der Waals surface area contributed by atoms with Crippen LogP contribution in [0.15, 0.2) is 37.1 Å². The third-order valence-electron chi connectivity index (χ3n) is 8.02. The number of fused-ring (bicyclic) bond motifs is 2. The highest BCUT2D eigenvalue weighted by atomic mass is 16.5. The van der Waals surface area contributed by atoms with Gasteiger partial charge in [0.15, 0.2) is 5.75 Å². The Kier molecular flexibility index (Phi) is 7.98. The van der Waals surface area contributed by atoms with Crippen molar-refractivity contribution in [2.45, 2.75) is 58.1 Å². The molecular weight excluding hydrogens is 476 g/mol. The van der Waals surface area contributed by atoms with Crippen molar-refractivity contribution in [3.05, 3.63) is 60.6 Å². The molecule has 8 nitrogen and oxygen atoms in total. The molecule has 5 rings (SSSR count). The lowest BCUT2D eigenvalue weighted by Gasteiger charge is -2.47. The van der Waals surface area contributed by atoms with E-state index in [-0.39, 0.29) is 5.91 Å². The summed E-state index contributed by atoms with van der Waals surface area (Å²) in [5.74, 6) is 2.08. The van der Waals surface area contributed by atoms with Crippen molar-refractivity contribution >= 4 is 23.1 Å². The molecule has 2 aromatic rings. The van der Waals surface area contributed by atoms with Crippen LogP contribution < -0.4 is 15.0 Å². The molecule has 201 valence electrons. The Labute approximate surface area is 226 Å². The first-order valence-electron chi connectivity index (χ1n) is 13.8. The highest BCUT2D eigenvalue weighted by molar-refractivity contribution is 5.87. The van der Waals surface area contributed by atoms with Crippen LogP contribution in [-0.2, 0) is 11.4 Å². The molecule has 0 atom stereocenters. The van der Waals surface area contributed by atoms with Crippen LogP contribution in [0.1, 0.15) is 55.5 Å². The number of aromatic nitrogens is 2. The zero-order valence-electron chi connectivity index (χ0n) is 22.7. The maximum atomic E-state index is 11.8. The van der Waals surface area contributed by atoms with Crippen LogP contribution in [0.2, 0.25) is 0 Å². The van der Waals surface area contributed by atoms with Gasteiger partial charge in [0.1, 0.15) is 12.4 Å². The summed E-state index contributed by atoms with van der Waals surface area (Å²) in [4.78, 5) is 28.2. The summed E-state index contributed by atoms with van der Waals surface area (Å²) < 4.78 is 6.36. The summed E-state index contributed by atoms with van der Waals surface area (Å²) in [6.07, 6.45) is 8.98. The quantitative estimate of drug-likeness (QED) is 0.490. The van der Waals surface area contributed by atoms with E-state index in [0.29, 0.717) is 18.6 Å². The average molecular weight is 516 g/mol. The van der Waals surface area contributed by atoms with Gasteiger partial charge in [-0.15, -0.1) is 0 Å². The minimum atomic E-state index is 0.0332. The van der Waals surface area contributed by atoms with Crippen molar-refractivity contribution in [1.82, 2.24) is 19.8 Å². The lowest BCUT2D eigenvalue weighted by atomic mass is 9.90. The number of carbonyl (C=O) groups is 1. The first-order valence-corrected chi connectivity index (χ1v) is 13.8. The minimum Gasteiger partial charge on any atom is -0.485 e. The normalized spacial score (nSPS) is 17.8. The van der Waals surface area contributed by atoms with Gasteiger partial charge in [-0.3, -0.25) is 14.7 Å². The van der Waals surface area contributed by atoms with Crippen molar-refractivity contribution in [3.8, 4) is 5.75 Å². The Morgan fingerprint density at radius 1 is 1.32 bits per heavy atom. The second-order valence-corrected chi connectivity index (χ2v) is 10.5. The van der Waals surface area contributed by atoms with Crippen LogP contribution in [0.3, 0.4) is 0 Å². The molecule has 0 aromatic carbocycles. The van der Waals surface area contributed by atoms with Gasteiger partial charge in [0.25, 0.3) is 0 Å². The zero-order chi connectivity index (χ0) is 26.6. The molecule has 0 aliphatic carbocycles. The van der Waals surface area contributed by atoms with Gasteiger partial charge < -0.3 is 19.9 Å². The van der Waals surface area contributed by atoms with E-state index < -0.39 is 0 Å². The van der Waals surface area contributed by atoms with Crippen LogP contribution >= 0.6 is 0 Å². The number of carbonyl (C=O) groups excluding carboxylic acids is 1. The molecule has 1 N–H and O–H groups in total. The second kappa shape index (κ2) is 11.6. The van der Waals surface area contributed by atoms with Crippen molar-refractivity contribution in [2.24, 2.45) is 0 Å². The summed E-state index contributed by atoms with van der Waals surface area (Å²) in [7, 11) is 0. The summed E-state index contributed by atoms with van der Waals surface area (Å²) in [5.41, 5.74) is 5.16. The number of piperidine rings is 1. The highest BCUT2D eigenvalue weighted by Crippen LogP contribution is 2.40. The lowest BCUT2D eigenvalue weighted by Crippen LogP contribution is -2.61. The zero-order valence-corrected chi connectivity index (χ0v) is 22.7. The van der Waals surface area contributed by atoms with Gasteiger partial charge in [0.05, 0.1) is 16.9 Å². The molecule has 38 heavy (non-hydrogen) atoms. The van der Waals surface area contributed by atoms with E-state index in [1.54, 1.807) is 6.08 Å². The molecule has 3 aliphatic heterocycles. The van der Waals surface area contributed by atoms with E-state index in [2.05, 4.69) is 40.8 Å². The number of ether oxygens (including phenoxy) is 1. The summed E-state index contributed by atoms with van der Waals surface area (Å²) in [6, 6.07) is 4.70. The van der Waals surface area contributed by atoms with E-state index >= 15 is 0 Å². The van der Waals surface area contributed by atoms with E-state index in [1.165, 1.54) is 6.08 Å². The number of likely N-dealkylation sites (tertiary alicyclic amines) is 2. The van der Waals surface area contributed by atoms with Gasteiger partial charge in [-0.25, -0.2) is 4.98 Å². The molecule has 2 fully saturated rings. The largest absolute Gasteiger partial charge is 0.485 e. The summed E-state index contributed by atoms with van der Waals surface area (Å²) in [5, 5.41) is 3.59. The van der Waals surface area contributed by atoms with Gasteiger partial charge in [-0.05, 0) is 63.9 Å². The van der Waals surface area contributed by atoms with E-state index in [0.717, 1.165) is 105 Å². The van der Waals surface area contributed by atoms with Gasteiger partial charge in [-0.2, -0.15) is 0 Å². The fourth-order valence-electron chi connectivity index (χ4n) is 5.88. The molecular formula is C30H39N6O2. The monoisotopic (exact) mass is 515 g/mol. The summed E-state index contributed by atoms with van der Waals surface area (Å²) >= 11 is 0. The molecule has 0 saturated carbocycles.